The maximum atomic E-state index is 13.5. The van der Waals surface area contributed by atoms with Crippen LogP contribution < -0.4 is 10.6 Å². The normalized spacial score (nSPS) is 9.96. The number of rotatable bonds is 6. The molecule has 0 heterocycles. The highest BCUT2D eigenvalue weighted by molar-refractivity contribution is 5.99. The molecule has 118 valence electrons. The van der Waals surface area contributed by atoms with Gasteiger partial charge in [-0.05, 0) is 24.3 Å². The molecule has 0 aromatic heterocycles. The second-order valence-corrected chi connectivity index (χ2v) is 4.85. The molecule has 0 aliphatic rings. The smallest absolute Gasteiger partial charge is 0.251 e. The molecule has 2 amide bonds. The summed E-state index contributed by atoms with van der Waals surface area (Å²) in [4.78, 5) is 24.0. The molecule has 23 heavy (non-hydrogen) atoms. The van der Waals surface area contributed by atoms with Gasteiger partial charge in [-0.15, -0.1) is 6.58 Å². The maximum absolute atomic E-state index is 13.5. The summed E-state index contributed by atoms with van der Waals surface area (Å²) in [6.07, 6.45) is 1.57. The molecule has 0 aliphatic carbocycles. The second-order valence-electron chi connectivity index (χ2n) is 4.85. The largest absolute Gasteiger partial charge is 0.349 e. The molecule has 2 rings (SSSR count). The van der Waals surface area contributed by atoms with Crippen LogP contribution in [0.4, 0.5) is 4.39 Å². The zero-order valence-corrected chi connectivity index (χ0v) is 12.5. The van der Waals surface area contributed by atoms with E-state index in [1.807, 2.05) is 0 Å². The van der Waals surface area contributed by atoms with E-state index in [0.717, 1.165) is 0 Å². The first-order valence-electron chi connectivity index (χ1n) is 7.12. The van der Waals surface area contributed by atoms with Crippen LogP contribution >= 0.6 is 0 Å². The van der Waals surface area contributed by atoms with Gasteiger partial charge in [0.15, 0.2) is 0 Å². The standard InChI is InChI=1S/C18H17FN2O2/c1-2-10-20-17(22)13-7-5-8-14(11-13)18(23)21-12-15-6-3-4-9-16(15)19/h2-9,11H,1,10,12H2,(H,20,22)(H,21,23). The first-order valence-corrected chi connectivity index (χ1v) is 7.12. The summed E-state index contributed by atoms with van der Waals surface area (Å²) in [6.45, 7) is 3.95. The molecule has 2 N–H and O–H groups in total. The Kier molecular flexibility index (Phi) is 5.63. The van der Waals surface area contributed by atoms with E-state index in [4.69, 9.17) is 0 Å². The summed E-state index contributed by atoms with van der Waals surface area (Å²) in [5, 5.41) is 5.28. The third kappa shape index (κ3) is 4.51. The number of benzene rings is 2. The molecule has 0 atom stereocenters. The molecule has 2 aromatic carbocycles. The highest BCUT2D eigenvalue weighted by atomic mass is 19.1. The highest BCUT2D eigenvalue weighted by Gasteiger charge is 2.10. The first-order chi connectivity index (χ1) is 11.1. The highest BCUT2D eigenvalue weighted by Crippen LogP contribution is 2.08. The van der Waals surface area contributed by atoms with Gasteiger partial charge in [-0.2, -0.15) is 0 Å². The van der Waals surface area contributed by atoms with E-state index in [1.165, 1.54) is 12.1 Å². The van der Waals surface area contributed by atoms with Crippen LogP contribution in [-0.2, 0) is 6.54 Å². The predicted molar refractivity (Wildman–Crippen MR) is 86.5 cm³/mol. The van der Waals surface area contributed by atoms with E-state index in [0.29, 0.717) is 23.2 Å². The maximum Gasteiger partial charge on any atom is 0.251 e. The van der Waals surface area contributed by atoms with Crippen molar-refractivity contribution in [2.75, 3.05) is 6.54 Å². The van der Waals surface area contributed by atoms with Gasteiger partial charge in [0.05, 0.1) is 0 Å². The van der Waals surface area contributed by atoms with Crippen LogP contribution in [0.1, 0.15) is 26.3 Å². The number of halogens is 1. The van der Waals surface area contributed by atoms with Crippen molar-refractivity contribution in [3.05, 3.63) is 83.7 Å². The average Bonchev–Trinajstić information content (AvgIpc) is 2.58. The number of hydrogen-bond acceptors (Lipinski definition) is 2. The van der Waals surface area contributed by atoms with Gasteiger partial charge in [-0.1, -0.05) is 30.3 Å². The van der Waals surface area contributed by atoms with E-state index in [1.54, 1.807) is 42.5 Å². The molecule has 0 unspecified atom stereocenters. The first kappa shape index (κ1) is 16.4. The van der Waals surface area contributed by atoms with Gasteiger partial charge in [0.2, 0.25) is 0 Å². The third-order valence-electron chi connectivity index (χ3n) is 3.19. The number of amides is 2. The Morgan fingerprint density at radius 1 is 1.00 bits per heavy atom. The molecule has 0 bridgehead atoms. The minimum absolute atomic E-state index is 0.0817. The SMILES string of the molecule is C=CCNC(=O)c1cccc(C(=O)NCc2ccccc2F)c1. The Balaban J connectivity index is 2.03. The van der Waals surface area contributed by atoms with Crippen LogP contribution in [-0.4, -0.2) is 18.4 Å². The fraction of sp³-hybridized carbons (Fsp3) is 0.111. The number of nitrogens with one attached hydrogen (secondary N) is 2. The van der Waals surface area contributed by atoms with E-state index < -0.39 is 0 Å². The summed E-state index contributed by atoms with van der Waals surface area (Å²) in [5.74, 6) is -1.02. The molecule has 0 fully saturated rings. The van der Waals surface area contributed by atoms with Crippen molar-refractivity contribution < 1.29 is 14.0 Å². The van der Waals surface area contributed by atoms with Crippen molar-refractivity contribution in [3.63, 3.8) is 0 Å². The zero-order valence-electron chi connectivity index (χ0n) is 12.5. The Morgan fingerprint density at radius 2 is 1.65 bits per heavy atom. The van der Waals surface area contributed by atoms with Gasteiger partial charge < -0.3 is 10.6 Å². The van der Waals surface area contributed by atoms with Gasteiger partial charge in [0.25, 0.3) is 11.8 Å². The molecule has 5 heteroatoms. The minimum Gasteiger partial charge on any atom is -0.349 e. The van der Waals surface area contributed by atoms with Gasteiger partial charge in [0.1, 0.15) is 5.82 Å². The molecule has 0 radical (unpaired) electrons. The molecule has 0 saturated heterocycles. The lowest BCUT2D eigenvalue weighted by molar-refractivity contribution is 0.0950. The van der Waals surface area contributed by atoms with Crippen molar-refractivity contribution in [1.82, 2.24) is 10.6 Å². The molecule has 0 saturated carbocycles. The number of carbonyl (C=O) groups excluding carboxylic acids is 2. The van der Waals surface area contributed by atoms with E-state index in [9.17, 15) is 14.0 Å². The average molecular weight is 312 g/mol. The quantitative estimate of drug-likeness (QED) is 0.806. The summed E-state index contributed by atoms with van der Waals surface area (Å²) < 4.78 is 13.5. The third-order valence-corrected chi connectivity index (χ3v) is 3.19. The molecular weight excluding hydrogens is 295 g/mol. The van der Waals surface area contributed by atoms with Gasteiger partial charge in [-0.3, -0.25) is 9.59 Å². The van der Waals surface area contributed by atoms with Crippen LogP contribution in [0.25, 0.3) is 0 Å². The van der Waals surface area contributed by atoms with Crippen LogP contribution in [0.2, 0.25) is 0 Å². The molecular formula is C18H17FN2O2. The van der Waals surface area contributed by atoms with Crippen molar-refractivity contribution in [1.29, 1.82) is 0 Å². The molecule has 0 aliphatic heterocycles. The van der Waals surface area contributed by atoms with E-state index in [2.05, 4.69) is 17.2 Å². The van der Waals surface area contributed by atoms with E-state index in [-0.39, 0.29) is 24.2 Å². The minimum atomic E-state index is -0.370. The van der Waals surface area contributed by atoms with Gasteiger partial charge in [0, 0.05) is 29.8 Å². The number of hydrogen-bond donors (Lipinski definition) is 2. The lowest BCUT2D eigenvalue weighted by Gasteiger charge is -2.08. The summed E-state index contributed by atoms with van der Waals surface area (Å²) in [6, 6.07) is 12.6. The Labute approximate surface area is 134 Å². The van der Waals surface area contributed by atoms with Crippen LogP contribution in [0, 0.1) is 5.82 Å². The van der Waals surface area contributed by atoms with Crippen molar-refractivity contribution in [3.8, 4) is 0 Å². The Morgan fingerprint density at radius 3 is 2.30 bits per heavy atom. The topological polar surface area (TPSA) is 58.2 Å². The molecule has 4 nitrogen and oxygen atoms in total. The summed E-state index contributed by atoms with van der Waals surface area (Å²) in [5.41, 5.74) is 1.12. The fourth-order valence-electron chi connectivity index (χ4n) is 1.99. The van der Waals surface area contributed by atoms with Crippen molar-refractivity contribution in [2.24, 2.45) is 0 Å². The fourth-order valence-corrected chi connectivity index (χ4v) is 1.99. The van der Waals surface area contributed by atoms with Crippen LogP contribution in [0.5, 0.6) is 0 Å². The van der Waals surface area contributed by atoms with Gasteiger partial charge >= 0.3 is 0 Å². The molecule has 2 aromatic rings. The zero-order chi connectivity index (χ0) is 16.7. The summed E-state index contributed by atoms with van der Waals surface area (Å²) in [7, 11) is 0. The monoisotopic (exact) mass is 312 g/mol. The van der Waals surface area contributed by atoms with Crippen LogP contribution in [0.15, 0.2) is 61.2 Å². The van der Waals surface area contributed by atoms with Crippen LogP contribution in [0.3, 0.4) is 0 Å². The lowest BCUT2D eigenvalue weighted by atomic mass is 10.1. The molecule has 0 spiro atoms. The van der Waals surface area contributed by atoms with Crippen molar-refractivity contribution in [2.45, 2.75) is 6.54 Å². The Hall–Kier alpha value is -2.95. The van der Waals surface area contributed by atoms with Crippen molar-refractivity contribution >= 4 is 11.8 Å². The second kappa shape index (κ2) is 7.89. The Bertz CT molecular complexity index is 728. The number of carbonyl (C=O) groups is 2. The van der Waals surface area contributed by atoms with Gasteiger partial charge in [-0.25, -0.2) is 4.39 Å². The predicted octanol–water partition coefficient (Wildman–Crippen LogP) is 2.67. The van der Waals surface area contributed by atoms with E-state index >= 15 is 0 Å². The summed E-state index contributed by atoms with van der Waals surface area (Å²) >= 11 is 0. The lowest BCUT2D eigenvalue weighted by Crippen LogP contribution is -2.25.